The summed E-state index contributed by atoms with van der Waals surface area (Å²) in [4.78, 5) is 29.3. The lowest BCUT2D eigenvalue weighted by atomic mass is 10.2. The minimum absolute atomic E-state index is 0.143. The van der Waals surface area contributed by atoms with Crippen LogP contribution in [0.1, 0.15) is 16.8 Å². The van der Waals surface area contributed by atoms with Crippen LogP contribution in [0.15, 0.2) is 72.8 Å². The molecule has 7 heteroatoms. The van der Waals surface area contributed by atoms with Gasteiger partial charge in [-0.25, -0.2) is 4.98 Å². The van der Waals surface area contributed by atoms with Crippen molar-refractivity contribution in [1.82, 2.24) is 10.3 Å². The van der Waals surface area contributed by atoms with Gasteiger partial charge in [-0.15, -0.1) is 11.3 Å². The van der Waals surface area contributed by atoms with Crippen molar-refractivity contribution in [2.24, 2.45) is 0 Å². The molecule has 0 radical (unpaired) electrons. The second-order valence-electron chi connectivity index (χ2n) is 6.57. The lowest BCUT2D eigenvalue weighted by Crippen LogP contribution is -2.27. The predicted octanol–water partition coefficient (Wildman–Crippen LogP) is 5.38. The summed E-state index contributed by atoms with van der Waals surface area (Å²) in [6.07, 6.45) is 0.143. The van der Waals surface area contributed by atoms with Gasteiger partial charge in [0.2, 0.25) is 5.91 Å². The van der Waals surface area contributed by atoms with Gasteiger partial charge in [-0.05, 0) is 36.4 Å². The van der Waals surface area contributed by atoms with Crippen LogP contribution >= 0.6 is 22.9 Å². The van der Waals surface area contributed by atoms with Gasteiger partial charge in [0.05, 0.1) is 26.5 Å². The molecule has 2 N–H and O–H groups in total. The van der Waals surface area contributed by atoms with Crippen LogP contribution in [0.4, 0.5) is 5.69 Å². The van der Waals surface area contributed by atoms with Crippen molar-refractivity contribution >= 4 is 50.7 Å². The number of thiazole rings is 1. The van der Waals surface area contributed by atoms with E-state index in [0.29, 0.717) is 16.3 Å². The Balaban J connectivity index is 1.40. The smallest absolute Gasteiger partial charge is 0.252 e. The standard InChI is InChI=1S/C23H18ClN3O2S/c24-17-9-3-1-7-15(17)22(29)25-14-13-21(28)26-18-10-4-2-8-16(18)23-27-19-11-5-6-12-20(19)30-23/h1-12H,13-14H2,(H,25,29)(H,26,28). The molecule has 4 rings (SSSR count). The summed E-state index contributed by atoms with van der Waals surface area (Å²) in [6, 6.07) is 22.3. The molecule has 0 fully saturated rings. The summed E-state index contributed by atoms with van der Waals surface area (Å²) in [5.74, 6) is -0.494. The van der Waals surface area contributed by atoms with Gasteiger partial charge in [-0.1, -0.05) is 48.0 Å². The fraction of sp³-hybridized carbons (Fsp3) is 0.0870. The number of anilines is 1. The number of para-hydroxylation sites is 2. The number of amides is 2. The molecule has 0 aliphatic carbocycles. The van der Waals surface area contributed by atoms with Gasteiger partial charge < -0.3 is 10.6 Å². The number of carbonyl (C=O) groups is 2. The van der Waals surface area contributed by atoms with E-state index in [9.17, 15) is 9.59 Å². The third-order valence-electron chi connectivity index (χ3n) is 4.48. The quantitative estimate of drug-likeness (QED) is 0.427. The molecule has 1 aromatic heterocycles. The monoisotopic (exact) mass is 435 g/mol. The van der Waals surface area contributed by atoms with Crippen molar-refractivity contribution in [2.45, 2.75) is 6.42 Å². The molecular weight excluding hydrogens is 418 g/mol. The zero-order chi connectivity index (χ0) is 20.9. The molecule has 0 aliphatic heterocycles. The first-order valence-corrected chi connectivity index (χ1v) is 10.6. The molecule has 30 heavy (non-hydrogen) atoms. The van der Waals surface area contributed by atoms with Crippen molar-refractivity contribution in [1.29, 1.82) is 0 Å². The van der Waals surface area contributed by atoms with E-state index in [2.05, 4.69) is 15.6 Å². The van der Waals surface area contributed by atoms with Crippen LogP contribution in [-0.2, 0) is 4.79 Å². The average molecular weight is 436 g/mol. The van der Waals surface area contributed by atoms with E-state index >= 15 is 0 Å². The lowest BCUT2D eigenvalue weighted by Gasteiger charge is -2.10. The summed E-state index contributed by atoms with van der Waals surface area (Å²) >= 11 is 7.61. The SMILES string of the molecule is O=C(CCNC(=O)c1ccccc1Cl)Nc1ccccc1-c1nc2ccccc2s1. The van der Waals surface area contributed by atoms with Gasteiger partial charge in [-0.2, -0.15) is 0 Å². The summed E-state index contributed by atoms with van der Waals surface area (Å²) in [7, 11) is 0. The Morgan fingerprint density at radius 2 is 1.67 bits per heavy atom. The first-order valence-electron chi connectivity index (χ1n) is 9.39. The first-order chi connectivity index (χ1) is 14.6. The maximum absolute atomic E-state index is 12.4. The van der Waals surface area contributed by atoms with Crippen molar-refractivity contribution < 1.29 is 9.59 Å². The highest BCUT2D eigenvalue weighted by Gasteiger charge is 2.13. The maximum Gasteiger partial charge on any atom is 0.252 e. The van der Waals surface area contributed by atoms with Crippen LogP contribution in [0.3, 0.4) is 0 Å². The Kier molecular flexibility index (Phi) is 6.07. The number of hydrogen-bond donors (Lipinski definition) is 2. The van der Waals surface area contributed by atoms with E-state index in [-0.39, 0.29) is 24.8 Å². The average Bonchev–Trinajstić information content (AvgIpc) is 3.18. The van der Waals surface area contributed by atoms with Crippen LogP contribution in [0.5, 0.6) is 0 Å². The summed E-state index contributed by atoms with van der Waals surface area (Å²) in [6.45, 7) is 0.208. The molecule has 150 valence electrons. The largest absolute Gasteiger partial charge is 0.351 e. The highest BCUT2D eigenvalue weighted by Crippen LogP contribution is 2.34. The Labute approximate surface area is 182 Å². The van der Waals surface area contributed by atoms with Crippen molar-refractivity contribution in [2.75, 3.05) is 11.9 Å². The van der Waals surface area contributed by atoms with Gasteiger partial charge in [0.15, 0.2) is 0 Å². The number of nitrogens with zero attached hydrogens (tertiary/aromatic N) is 1. The van der Waals surface area contributed by atoms with E-state index in [1.54, 1.807) is 35.6 Å². The van der Waals surface area contributed by atoms with Gasteiger partial charge in [-0.3, -0.25) is 9.59 Å². The molecule has 0 saturated heterocycles. The molecule has 0 aliphatic rings. The number of benzene rings is 3. The molecule has 0 unspecified atom stereocenters. The Morgan fingerprint density at radius 1 is 0.933 bits per heavy atom. The predicted molar refractivity (Wildman–Crippen MR) is 122 cm³/mol. The minimum Gasteiger partial charge on any atom is -0.351 e. The van der Waals surface area contributed by atoms with Crippen molar-refractivity contribution in [3.63, 3.8) is 0 Å². The van der Waals surface area contributed by atoms with Gasteiger partial charge in [0.25, 0.3) is 5.91 Å². The van der Waals surface area contributed by atoms with E-state index in [1.807, 2.05) is 48.5 Å². The summed E-state index contributed by atoms with van der Waals surface area (Å²) in [5, 5.41) is 6.88. The van der Waals surface area contributed by atoms with Crippen LogP contribution in [0.2, 0.25) is 5.02 Å². The highest BCUT2D eigenvalue weighted by atomic mass is 35.5. The minimum atomic E-state index is -0.303. The summed E-state index contributed by atoms with van der Waals surface area (Å²) in [5.41, 5.74) is 2.88. The van der Waals surface area contributed by atoms with E-state index in [1.165, 1.54) is 0 Å². The number of nitrogens with one attached hydrogen (secondary N) is 2. The van der Waals surface area contributed by atoms with Gasteiger partial charge in [0.1, 0.15) is 5.01 Å². The van der Waals surface area contributed by atoms with Crippen LogP contribution in [0, 0.1) is 0 Å². The molecule has 0 spiro atoms. The Bertz CT molecular complexity index is 1190. The van der Waals surface area contributed by atoms with E-state index < -0.39 is 0 Å². The second-order valence-corrected chi connectivity index (χ2v) is 8.00. The molecule has 3 aromatic carbocycles. The highest BCUT2D eigenvalue weighted by molar-refractivity contribution is 7.21. The Morgan fingerprint density at radius 3 is 2.50 bits per heavy atom. The maximum atomic E-state index is 12.4. The molecule has 0 bridgehead atoms. The zero-order valence-electron chi connectivity index (χ0n) is 15.9. The fourth-order valence-corrected chi connectivity index (χ4v) is 4.24. The van der Waals surface area contributed by atoms with Gasteiger partial charge in [0, 0.05) is 18.5 Å². The number of carbonyl (C=O) groups excluding carboxylic acids is 2. The lowest BCUT2D eigenvalue weighted by molar-refractivity contribution is -0.116. The third kappa shape index (κ3) is 4.50. The number of aromatic nitrogens is 1. The van der Waals surface area contributed by atoms with E-state index in [4.69, 9.17) is 11.6 Å². The van der Waals surface area contributed by atoms with Gasteiger partial charge >= 0.3 is 0 Å². The molecule has 2 amide bonds. The molecule has 1 heterocycles. The Hall–Kier alpha value is -3.22. The molecule has 4 aromatic rings. The first kappa shape index (κ1) is 20.1. The molecule has 0 saturated carbocycles. The number of rotatable bonds is 6. The van der Waals surface area contributed by atoms with E-state index in [0.717, 1.165) is 20.8 Å². The second kappa shape index (κ2) is 9.07. The normalized spacial score (nSPS) is 10.7. The topological polar surface area (TPSA) is 71.1 Å². The zero-order valence-corrected chi connectivity index (χ0v) is 17.5. The number of hydrogen-bond acceptors (Lipinski definition) is 4. The number of fused-ring (bicyclic) bond motifs is 1. The molecular formula is C23H18ClN3O2S. The molecule has 5 nitrogen and oxygen atoms in total. The summed E-state index contributed by atoms with van der Waals surface area (Å²) < 4.78 is 1.09. The fourth-order valence-electron chi connectivity index (χ4n) is 3.01. The van der Waals surface area contributed by atoms with Crippen molar-refractivity contribution in [3.8, 4) is 10.6 Å². The van der Waals surface area contributed by atoms with Crippen LogP contribution < -0.4 is 10.6 Å². The third-order valence-corrected chi connectivity index (χ3v) is 5.88. The molecule has 0 atom stereocenters. The van der Waals surface area contributed by atoms with Crippen molar-refractivity contribution in [3.05, 3.63) is 83.4 Å². The van der Waals surface area contributed by atoms with Crippen LogP contribution in [0.25, 0.3) is 20.8 Å². The number of halogens is 1. The van der Waals surface area contributed by atoms with Crippen LogP contribution in [-0.4, -0.2) is 23.3 Å².